The summed E-state index contributed by atoms with van der Waals surface area (Å²) in [4.78, 5) is 12.1. The molecule has 0 aromatic heterocycles. The normalized spacial score (nSPS) is 11.5. The second-order valence-corrected chi connectivity index (χ2v) is 5.63. The first kappa shape index (κ1) is 21.7. The van der Waals surface area contributed by atoms with E-state index in [9.17, 15) is 4.79 Å². The van der Waals surface area contributed by atoms with Gasteiger partial charge >= 0.3 is 35.5 Å². The van der Waals surface area contributed by atoms with Crippen molar-refractivity contribution in [3.8, 4) is 0 Å². The molecule has 0 bridgehead atoms. The van der Waals surface area contributed by atoms with Gasteiger partial charge in [0.1, 0.15) is 0 Å². The Labute approximate surface area is 158 Å². The van der Waals surface area contributed by atoms with Crippen molar-refractivity contribution >= 4 is 35.5 Å². The molecule has 0 heterocycles. The van der Waals surface area contributed by atoms with Crippen molar-refractivity contribution in [2.75, 3.05) is 6.61 Å². The topological polar surface area (TPSA) is 26.3 Å². The van der Waals surface area contributed by atoms with E-state index >= 15 is 0 Å². The van der Waals surface area contributed by atoms with Gasteiger partial charge in [-0.15, -0.1) is 0 Å². The van der Waals surface area contributed by atoms with Gasteiger partial charge in [0, 0.05) is 0 Å². The standard InChI is InChI=1S/C19H30O2.Na.H/c1-3-5-6-7-8-9-13-16-18(19(20)21-4-2)17-14-11-10-12-15-17;;/h10-12,14-15,18H,3-9,13,16H2,1-2H3;;. The molecular formula is C19H31NaO2. The molecule has 0 N–H and O–H groups in total. The average molecular weight is 314 g/mol. The molecular weight excluding hydrogens is 283 g/mol. The predicted octanol–water partition coefficient (Wildman–Crippen LogP) is 4.83. The van der Waals surface area contributed by atoms with E-state index in [0.29, 0.717) is 6.61 Å². The van der Waals surface area contributed by atoms with Gasteiger partial charge in [0.15, 0.2) is 0 Å². The number of carbonyl (C=O) groups excluding carboxylic acids is 1. The Morgan fingerprint density at radius 2 is 1.55 bits per heavy atom. The molecule has 0 saturated carbocycles. The van der Waals surface area contributed by atoms with Crippen molar-refractivity contribution in [1.29, 1.82) is 0 Å². The van der Waals surface area contributed by atoms with Gasteiger partial charge in [0.25, 0.3) is 0 Å². The van der Waals surface area contributed by atoms with Gasteiger partial charge in [0.05, 0.1) is 12.5 Å². The summed E-state index contributed by atoms with van der Waals surface area (Å²) in [7, 11) is 0. The SMILES string of the molecule is CCCCCCCCCC(C(=O)OCC)c1ccccc1.[NaH]. The van der Waals surface area contributed by atoms with Gasteiger partial charge in [-0.3, -0.25) is 4.79 Å². The summed E-state index contributed by atoms with van der Waals surface area (Å²) in [5.74, 6) is -0.170. The van der Waals surface area contributed by atoms with Gasteiger partial charge in [-0.1, -0.05) is 82.2 Å². The molecule has 0 aliphatic rings. The average Bonchev–Trinajstić information content (AvgIpc) is 2.51. The van der Waals surface area contributed by atoms with Crippen LogP contribution in [0.25, 0.3) is 0 Å². The summed E-state index contributed by atoms with van der Waals surface area (Å²) < 4.78 is 5.23. The van der Waals surface area contributed by atoms with Gasteiger partial charge in [-0.05, 0) is 18.9 Å². The molecule has 0 fully saturated rings. The third-order valence-electron chi connectivity index (χ3n) is 3.87. The van der Waals surface area contributed by atoms with Gasteiger partial charge < -0.3 is 4.74 Å². The van der Waals surface area contributed by atoms with Crippen LogP contribution in [0, 0.1) is 0 Å². The molecule has 1 unspecified atom stereocenters. The number of hydrogen-bond donors (Lipinski definition) is 0. The third-order valence-corrected chi connectivity index (χ3v) is 3.87. The Kier molecular flexibility index (Phi) is 14.1. The first-order chi connectivity index (χ1) is 10.3. The number of benzene rings is 1. The van der Waals surface area contributed by atoms with E-state index in [2.05, 4.69) is 6.92 Å². The van der Waals surface area contributed by atoms with Crippen molar-refractivity contribution in [3.63, 3.8) is 0 Å². The molecule has 0 amide bonds. The number of rotatable bonds is 11. The molecule has 0 spiro atoms. The molecule has 0 aliphatic carbocycles. The zero-order valence-electron chi connectivity index (χ0n) is 13.6. The van der Waals surface area contributed by atoms with Crippen molar-refractivity contribution in [2.24, 2.45) is 0 Å². The quantitative estimate of drug-likeness (QED) is 0.332. The zero-order chi connectivity index (χ0) is 15.3. The Morgan fingerprint density at radius 1 is 0.955 bits per heavy atom. The fraction of sp³-hybridized carbons (Fsp3) is 0.632. The molecule has 1 atom stereocenters. The Bertz CT molecular complexity index is 378. The van der Waals surface area contributed by atoms with Gasteiger partial charge in [-0.2, -0.15) is 0 Å². The van der Waals surface area contributed by atoms with Gasteiger partial charge in [-0.25, -0.2) is 0 Å². The zero-order valence-corrected chi connectivity index (χ0v) is 13.6. The van der Waals surface area contributed by atoms with Crippen molar-refractivity contribution < 1.29 is 9.53 Å². The van der Waals surface area contributed by atoms with Crippen LogP contribution in [0.4, 0.5) is 0 Å². The summed E-state index contributed by atoms with van der Waals surface area (Å²) in [5, 5.41) is 0. The van der Waals surface area contributed by atoms with E-state index in [0.717, 1.165) is 18.4 Å². The van der Waals surface area contributed by atoms with E-state index in [1.165, 1.54) is 38.5 Å². The van der Waals surface area contributed by atoms with Crippen LogP contribution in [0.3, 0.4) is 0 Å². The van der Waals surface area contributed by atoms with Crippen LogP contribution < -0.4 is 0 Å². The van der Waals surface area contributed by atoms with E-state index in [-0.39, 0.29) is 41.4 Å². The van der Waals surface area contributed by atoms with Crippen LogP contribution in [-0.2, 0) is 9.53 Å². The molecule has 1 rings (SSSR count). The van der Waals surface area contributed by atoms with Crippen molar-refractivity contribution in [3.05, 3.63) is 35.9 Å². The van der Waals surface area contributed by atoms with Crippen molar-refractivity contribution in [1.82, 2.24) is 0 Å². The summed E-state index contributed by atoms with van der Waals surface area (Å²) in [5.41, 5.74) is 1.09. The Balaban J connectivity index is 0.00000441. The number of unbranched alkanes of at least 4 members (excludes halogenated alkanes) is 6. The molecule has 22 heavy (non-hydrogen) atoms. The summed E-state index contributed by atoms with van der Waals surface area (Å²) >= 11 is 0. The monoisotopic (exact) mass is 314 g/mol. The van der Waals surface area contributed by atoms with Crippen LogP contribution >= 0.6 is 0 Å². The third kappa shape index (κ3) is 8.97. The van der Waals surface area contributed by atoms with E-state index < -0.39 is 0 Å². The van der Waals surface area contributed by atoms with Gasteiger partial charge in [0.2, 0.25) is 0 Å². The predicted molar refractivity (Wildman–Crippen MR) is 95.6 cm³/mol. The molecule has 1 aromatic rings. The van der Waals surface area contributed by atoms with Crippen LogP contribution in [0.15, 0.2) is 30.3 Å². The summed E-state index contributed by atoms with van der Waals surface area (Å²) in [6.07, 6.45) is 9.80. The molecule has 0 saturated heterocycles. The fourth-order valence-electron chi connectivity index (χ4n) is 2.65. The molecule has 120 valence electrons. The maximum absolute atomic E-state index is 12.1. The number of esters is 1. The number of ether oxygens (including phenoxy) is 1. The number of carbonyl (C=O) groups is 1. The van der Waals surface area contributed by atoms with Crippen molar-refractivity contribution in [2.45, 2.75) is 71.1 Å². The van der Waals surface area contributed by atoms with Crippen LogP contribution in [0.1, 0.15) is 76.7 Å². The Hall–Kier alpha value is -0.310. The summed E-state index contributed by atoms with van der Waals surface area (Å²) in [6.45, 7) is 4.57. The van der Waals surface area contributed by atoms with Crippen LogP contribution in [0.2, 0.25) is 0 Å². The summed E-state index contributed by atoms with van der Waals surface area (Å²) in [6, 6.07) is 10.0. The van der Waals surface area contributed by atoms with Crippen LogP contribution in [-0.4, -0.2) is 42.1 Å². The second kappa shape index (κ2) is 14.3. The van der Waals surface area contributed by atoms with E-state index in [1.807, 2.05) is 37.3 Å². The first-order valence-electron chi connectivity index (χ1n) is 8.51. The molecule has 3 heteroatoms. The van der Waals surface area contributed by atoms with E-state index in [1.54, 1.807) is 0 Å². The first-order valence-corrected chi connectivity index (χ1v) is 8.51. The molecule has 2 nitrogen and oxygen atoms in total. The minimum atomic E-state index is -0.0956. The molecule has 0 aliphatic heterocycles. The maximum atomic E-state index is 12.1. The van der Waals surface area contributed by atoms with Crippen LogP contribution in [0.5, 0.6) is 0 Å². The molecule has 1 aromatic carbocycles. The van der Waals surface area contributed by atoms with E-state index in [4.69, 9.17) is 4.74 Å². The molecule has 0 radical (unpaired) electrons. The fourth-order valence-corrected chi connectivity index (χ4v) is 2.65. The Morgan fingerprint density at radius 3 is 2.14 bits per heavy atom. The minimum absolute atomic E-state index is 0. The second-order valence-electron chi connectivity index (χ2n) is 5.63. The number of hydrogen-bond acceptors (Lipinski definition) is 2.